The van der Waals surface area contributed by atoms with E-state index in [4.69, 9.17) is 11.6 Å². The number of nitrogens with one attached hydrogen (secondary N) is 1. The zero-order valence-corrected chi connectivity index (χ0v) is 12.8. The number of thiazole rings is 1. The van der Waals surface area contributed by atoms with Gasteiger partial charge in [0.15, 0.2) is 4.96 Å². The Balaban J connectivity index is 1.70. The van der Waals surface area contributed by atoms with Crippen LogP contribution in [0.2, 0.25) is 5.02 Å². The molecule has 0 saturated carbocycles. The molecule has 2 aromatic heterocycles. The number of hydrogen-bond donors (Lipinski definition) is 1. The lowest BCUT2D eigenvalue weighted by molar-refractivity contribution is 0.551. The van der Waals surface area contributed by atoms with Gasteiger partial charge in [-0.3, -0.25) is 4.40 Å². The molecule has 20 heavy (non-hydrogen) atoms. The summed E-state index contributed by atoms with van der Waals surface area (Å²) in [6, 6.07) is 8.42. The number of rotatable bonds is 5. The zero-order valence-electron chi connectivity index (χ0n) is 11.2. The number of likely N-dealkylation sites (N-methyl/N-ethyl adjacent to an activating group) is 1. The maximum atomic E-state index is 5.92. The van der Waals surface area contributed by atoms with E-state index in [0.717, 1.165) is 28.5 Å². The average Bonchev–Trinajstić information content (AvgIpc) is 3.01. The third-order valence-corrected chi connectivity index (χ3v) is 4.42. The normalized spacial score (nSPS) is 12.9. The van der Waals surface area contributed by atoms with Gasteiger partial charge in [0.05, 0.1) is 5.69 Å². The van der Waals surface area contributed by atoms with E-state index in [2.05, 4.69) is 38.4 Å². The number of halogens is 1. The Labute approximate surface area is 127 Å². The first-order chi connectivity index (χ1) is 9.74. The molecule has 0 saturated heterocycles. The molecule has 5 heteroatoms. The van der Waals surface area contributed by atoms with Crippen molar-refractivity contribution in [2.45, 2.75) is 18.9 Å². The first kappa shape index (κ1) is 13.6. The van der Waals surface area contributed by atoms with Crippen molar-refractivity contribution in [2.75, 3.05) is 7.05 Å². The van der Waals surface area contributed by atoms with Crippen LogP contribution in [0.3, 0.4) is 0 Å². The van der Waals surface area contributed by atoms with Crippen LogP contribution in [-0.4, -0.2) is 22.5 Å². The van der Waals surface area contributed by atoms with E-state index >= 15 is 0 Å². The molecule has 0 aliphatic rings. The fourth-order valence-corrected chi connectivity index (χ4v) is 3.15. The van der Waals surface area contributed by atoms with Crippen LogP contribution in [0.4, 0.5) is 0 Å². The second-order valence-corrected chi connectivity index (χ2v) is 6.15. The largest absolute Gasteiger partial charge is 0.316 e. The Morgan fingerprint density at radius 1 is 1.30 bits per heavy atom. The van der Waals surface area contributed by atoms with E-state index in [1.807, 2.05) is 25.4 Å². The smallest absolute Gasteiger partial charge is 0.193 e. The van der Waals surface area contributed by atoms with Gasteiger partial charge in [-0.05, 0) is 31.2 Å². The molecule has 0 radical (unpaired) electrons. The SMILES string of the molecule is CNC(Cc1ccc(Cl)cc1)Cc1cn2ccsc2n1. The molecule has 0 amide bonds. The Kier molecular flexibility index (Phi) is 4.05. The van der Waals surface area contributed by atoms with Gasteiger partial charge in [-0.2, -0.15) is 0 Å². The van der Waals surface area contributed by atoms with Crippen molar-refractivity contribution in [3.8, 4) is 0 Å². The Hall–Kier alpha value is -1.36. The summed E-state index contributed by atoms with van der Waals surface area (Å²) in [5, 5.41) is 6.20. The molecular weight excluding hydrogens is 290 g/mol. The second-order valence-electron chi connectivity index (χ2n) is 4.85. The molecule has 3 nitrogen and oxygen atoms in total. The van der Waals surface area contributed by atoms with Crippen molar-refractivity contribution in [1.82, 2.24) is 14.7 Å². The molecule has 1 N–H and O–H groups in total. The summed E-state index contributed by atoms with van der Waals surface area (Å²) in [7, 11) is 2.00. The molecule has 0 bridgehead atoms. The molecular formula is C15H16ClN3S. The molecule has 3 rings (SSSR count). The second kappa shape index (κ2) is 5.95. The summed E-state index contributed by atoms with van der Waals surface area (Å²) < 4.78 is 2.08. The molecule has 1 aromatic carbocycles. The van der Waals surface area contributed by atoms with Crippen LogP contribution in [0.1, 0.15) is 11.3 Å². The molecule has 3 aromatic rings. The minimum Gasteiger partial charge on any atom is -0.316 e. The first-order valence-electron chi connectivity index (χ1n) is 6.57. The van der Waals surface area contributed by atoms with Gasteiger partial charge in [0.1, 0.15) is 0 Å². The van der Waals surface area contributed by atoms with Crippen molar-refractivity contribution in [1.29, 1.82) is 0 Å². The summed E-state index contributed by atoms with van der Waals surface area (Å²) in [5.41, 5.74) is 2.42. The summed E-state index contributed by atoms with van der Waals surface area (Å²) in [4.78, 5) is 5.69. The van der Waals surface area contributed by atoms with Crippen LogP contribution < -0.4 is 5.32 Å². The van der Waals surface area contributed by atoms with Gasteiger partial charge in [-0.1, -0.05) is 23.7 Å². The van der Waals surface area contributed by atoms with E-state index < -0.39 is 0 Å². The molecule has 1 atom stereocenters. The fraction of sp³-hybridized carbons (Fsp3) is 0.267. The van der Waals surface area contributed by atoms with Gasteiger partial charge in [0.2, 0.25) is 0 Å². The minimum atomic E-state index is 0.376. The van der Waals surface area contributed by atoms with Crippen LogP contribution in [-0.2, 0) is 12.8 Å². The third kappa shape index (κ3) is 3.03. The monoisotopic (exact) mass is 305 g/mol. The molecule has 2 heterocycles. The van der Waals surface area contributed by atoms with Gasteiger partial charge in [-0.25, -0.2) is 4.98 Å². The fourth-order valence-electron chi connectivity index (χ4n) is 2.31. The maximum Gasteiger partial charge on any atom is 0.193 e. The predicted molar refractivity (Wildman–Crippen MR) is 84.8 cm³/mol. The predicted octanol–water partition coefficient (Wildman–Crippen LogP) is 3.42. The quantitative estimate of drug-likeness (QED) is 0.782. The van der Waals surface area contributed by atoms with Crippen LogP contribution in [0.5, 0.6) is 0 Å². The number of benzene rings is 1. The summed E-state index contributed by atoms with van der Waals surface area (Å²) in [6.45, 7) is 0. The van der Waals surface area contributed by atoms with Crippen LogP contribution in [0, 0.1) is 0 Å². The Morgan fingerprint density at radius 2 is 2.10 bits per heavy atom. The van der Waals surface area contributed by atoms with E-state index in [1.165, 1.54) is 5.56 Å². The molecule has 1 unspecified atom stereocenters. The van der Waals surface area contributed by atoms with E-state index in [1.54, 1.807) is 11.3 Å². The molecule has 0 aliphatic carbocycles. The lowest BCUT2D eigenvalue weighted by Crippen LogP contribution is -2.30. The van der Waals surface area contributed by atoms with Crippen molar-refractivity contribution in [3.63, 3.8) is 0 Å². The number of aromatic nitrogens is 2. The van der Waals surface area contributed by atoms with Gasteiger partial charge < -0.3 is 5.32 Å². The Morgan fingerprint density at radius 3 is 2.80 bits per heavy atom. The average molecular weight is 306 g/mol. The molecule has 0 aliphatic heterocycles. The van der Waals surface area contributed by atoms with Gasteiger partial charge in [-0.15, -0.1) is 11.3 Å². The lowest BCUT2D eigenvalue weighted by Gasteiger charge is -2.15. The van der Waals surface area contributed by atoms with Gasteiger partial charge in [0, 0.05) is 35.3 Å². The highest BCUT2D eigenvalue weighted by molar-refractivity contribution is 7.15. The molecule has 104 valence electrons. The summed E-state index contributed by atoms with van der Waals surface area (Å²) >= 11 is 7.58. The van der Waals surface area contributed by atoms with Gasteiger partial charge in [0.25, 0.3) is 0 Å². The van der Waals surface area contributed by atoms with Crippen LogP contribution in [0.15, 0.2) is 42.0 Å². The van der Waals surface area contributed by atoms with Crippen LogP contribution in [0.25, 0.3) is 4.96 Å². The number of nitrogens with zero attached hydrogens (tertiary/aromatic N) is 2. The van der Waals surface area contributed by atoms with Crippen molar-refractivity contribution < 1.29 is 0 Å². The highest BCUT2D eigenvalue weighted by Gasteiger charge is 2.11. The van der Waals surface area contributed by atoms with E-state index in [0.29, 0.717) is 6.04 Å². The van der Waals surface area contributed by atoms with E-state index in [-0.39, 0.29) is 0 Å². The maximum absolute atomic E-state index is 5.92. The Bertz CT molecular complexity index is 658. The number of hydrogen-bond acceptors (Lipinski definition) is 3. The van der Waals surface area contributed by atoms with E-state index in [9.17, 15) is 0 Å². The highest BCUT2D eigenvalue weighted by Crippen LogP contribution is 2.15. The highest BCUT2D eigenvalue weighted by atomic mass is 35.5. The number of fused-ring (bicyclic) bond motifs is 1. The summed E-state index contributed by atoms with van der Waals surface area (Å²) in [6.07, 6.45) is 6.05. The summed E-state index contributed by atoms with van der Waals surface area (Å²) in [5.74, 6) is 0. The minimum absolute atomic E-state index is 0.376. The third-order valence-electron chi connectivity index (χ3n) is 3.40. The van der Waals surface area contributed by atoms with Crippen LogP contribution >= 0.6 is 22.9 Å². The topological polar surface area (TPSA) is 29.3 Å². The first-order valence-corrected chi connectivity index (χ1v) is 7.83. The molecule has 0 fully saturated rings. The van der Waals surface area contributed by atoms with Gasteiger partial charge >= 0.3 is 0 Å². The van der Waals surface area contributed by atoms with Crippen molar-refractivity contribution in [2.24, 2.45) is 0 Å². The van der Waals surface area contributed by atoms with Crippen molar-refractivity contribution >= 4 is 27.9 Å². The number of imidazole rings is 1. The molecule has 0 spiro atoms. The zero-order chi connectivity index (χ0) is 13.9. The van der Waals surface area contributed by atoms with Crippen molar-refractivity contribution in [3.05, 3.63) is 58.3 Å². The standard InChI is InChI=1S/C15H16ClN3S/c1-17-13(8-11-2-4-12(16)5-3-11)9-14-10-19-6-7-20-15(19)18-14/h2-7,10,13,17H,8-9H2,1H3. The lowest BCUT2D eigenvalue weighted by atomic mass is 10.0.